The van der Waals surface area contributed by atoms with Crippen LogP contribution in [-0.2, 0) is 29.5 Å². The molecule has 0 amide bonds. The van der Waals surface area contributed by atoms with Crippen molar-refractivity contribution in [1.82, 2.24) is 19.7 Å². The molecule has 1 fully saturated rings. The summed E-state index contributed by atoms with van der Waals surface area (Å²) in [4.78, 5) is 8.01. The van der Waals surface area contributed by atoms with Crippen molar-refractivity contribution in [3.63, 3.8) is 0 Å². The lowest BCUT2D eigenvalue weighted by molar-refractivity contribution is 0.319. The summed E-state index contributed by atoms with van der Waals surface area (Å²) in [5.41, 5.74) is 5.38. The van der Waals surface area contributed by atoms with E-state index in [0.717, 1.165) is 44.7 Å². The van der Waals surface area contributed by atoms with Crippen molar-refractivity contribution in [2.75, 3.05) is 29.8 Å². The minimum Gasteiger partial charge on any atom is -0.370 e. The number of hydrogen-bond donors (Lipinski definition) is 1. The Balaban J connectivity index is 1.27. The molecule has 1 saturated heterocycles. The smallest absolute Gasteiger partial charge is 0.266 e. The Morgan fingerprint density at radius 1 is 1.26 bits per heavy atom. The van der Waals surface area contributed by atoms with Crippen LogP contribution in [0.5, 0.6) is 0 Å². The molecule has 0 saturated carbocycles. The number of aryl methyl sites for hydroxylation is 3. The Kier molecular flexibility index (Phi) is 6.34. The third-order valence-corrected chi connectivity index (χ3v) is 8.70. The standard InChI is InChI=1S/C23H29FN6O2S2/c1-16-9-22(34(31,32)27-23-14-33-15-25-23)20(24)11-21(16)28(2)19-6-8-29(13-19)12-17-10-18-5-3-4-7-30(18)26-17/h9-11,14-15,19,27H,3-8,12-13H2,1-2H3/t19-/m0/s1. The van der Waals surface area contributed by atoms with Crippen LogP contribution in [0.15, 0.2) is 34.0 Å². The van der Waals surface area contributed by atoms with Crippen LogP contribution in [0.1, 0.15) is 36.2 Å². The topological polar surface area (TPSA) is 83.4 Å². The van der Waals surface area contributed by atoms with Crippen molar-refractivity contribution in [2.24, 2.45) is 0 Å². The van der Waals surface area contributed by atoms with Gasteiger partial charge in [-0.15, -0.1) is 11.3 Å². The Morgan fingerprint density at radius 3 is 2.88 bits per heavy atom. The number of nitrogens with one attached hydrogen (secondary N) is 1. The average Bonchev–Trinajstić information content (AvgIpc) is 3.55. The lowest BCUT2D eigenvalue weighted by atomic mass is 10.1. The van der Waals surface area contributed by atoms with Gasteiger partial charge in [0.25, 0.3) is 10.0 Å². The maximum Gasteiger partial charge on any atom is 0.266 e. The number of anilines is 2. The quantitative estimate of drug-likeness (QED) is 0.529. The van der Waals surface area contributed by atoms with Crippen LogP contribution in [0.2, 0.25) is 0 Å². The van der Waals surface area contributed by atoms with Gasteiger partial charge in [0.05, 0.1) is 11.2 Å². The summed E-state index contributed by atoms with van der Waals surface area (Å²) in [6.45, 7) is 5.44. The number of hydrogen-bond acceptors (Lipinski definition) is 7. The predicted octanol–water partition coefficient (Wildman–Crippen LogP) is 3.63. The van der Waals surface area contributed by atoms with E-state index in [0.29, 0.717) is 11.3 Å². The number of aromatic nitrogens is 3. The largest absolute Gasteiger partial charge is 0.370 e. The number of thiazole rings is 1. The lowest BCUT2D eigenvalue weighted by Gasteiger charge is -2.29. The van der Waals surface area contributed by atoms with Gasteiger partial charge in [-0.1, -0.05) is 0 Å². The highest BCUT2D eigenvalue weighted by molar-refractivity contribution is 7.92. The van der Waals surface area contributed by atoms with Gasteiger partial charge >= 0.3 is 0 Å². The summed E-state index contributed by atoms with van der Waals surface area (Å²) in [7, 11) is -2.11. The van der Waals surface area contributed by atoms with Crippen molar-refractivity contribution in [2.45, 2.75) is 56.6 Å². The number of halogens is 1. The second-order valence-electron chi connectivity index (χ2n) is 9.14. The van der Waals surface area contributed by atoms with E-state index in [1.165, 1.54) is 47.5 Å². The summed E-state index contributed by atoms with van der Waals surface area (Å²) in [6.07, 6.45) is 4.49. The molecule has 0 unspecified atom stereocenters. The van der Waals surface area contributed by atoms with Crippen LogP contribution < -0.4 is 9.62 Å². The number of fused-ring (bicyclic) bond motifs is 1. The van der Waals surface area contributed by atoms with Crippen molar-refractivity contribution in [3.8, 4) is 0 Å². The van der Waals surface area contributed by atoms with Gasteiger partial charge in [-0.05, 0) is 56.4 Å². The van der Waals surface area contributed by atoms with Crippen LogP contribution in [0, 0.1) is 12.7 Å². The third kappa shape index (κ3) is 4.69. The van der Waals surface area contributed by atoms with Gasteiger partial charge < -0.3 is 4.90 Å². The predicted molar refractivity (Wildman–Crippen MR) is 131 cm³/mol. The normalized spacial score (nSPS) is 18.7. The first-order valence-electron chi connectivity index (χ1n) is 11.5. The van der Waals surface area contributed by atoms with Crippen LogP contribution in [-0.4, -0.2) is 54.3 Å². The molecular formula is C23H29FN6O2S2. The zero-order valence-corrected chi connectivity index (χ0v) is 21.0. The highest BCUT2D eigenvalue weighted by Gasteiger charge is 2.29. The van der Waals surface area contributed by atoms with Gasteiger partial charge in [-0.2, -0.15) is 5.10 Å². The minimum absolute atomic E-state index is 0.188. The first-order valence-corrected chi connectivity index (χ1v) is 13.9. The first-order chi connectivity index (χ1) is 16.3. The Hall–Kier alpha value is -2.50. The van der Waals surface area contributed by atoms with Gasteiger partial charge in [0.1, 0.15) is 10.7 Å². The zero-order valence-electron chi connectivity index (χ0n) is 19.4. The summed E-state index contributed by atoms with van der Waals surface area (Å²) in [6, 6.07) is 5.18. The van der Waals surface area contributed by atoms with E-state index in [4.69, 9.17) is 5.10 Å². The van der Waals surface area contributed by atoms with Gasteiger partial charge in [-0.3, -0.25) is 14.3 Å². The van der Waals surface area contributed by atoms with Gasteiger partial charge in [0.15, 0.2) is 5.82 Å². The molecule has 0 bridgehead atoms. The van der Waals surface area contributed by atoms with Gasteiger partial charge in [0.2, 0.25) is 0 Å². The van der Waals surface area contributed by atoms with Crippen molar-refractivity contribution < 1.29 is 12.8 Å². The number of benzene rings is 1. The van der Waals surface area contributed by atoms with Gasteiger partial charge in [-0.25, -0.2) is 17.8 Å². The fraction of sp³-hybridized carbons (Fsp3) is 0.478. The average molecular weight is 505 g/mol. The van der Waals surface area contributed by atoms with Crippen molar-refractivity contribution in [3.05, 3.63) is 51.9 Å². The molecule has 4 heterocycles. The monoisotopic (exact) mass is 504 g/mol. The SMILES string of the molecule is Cc1cc(S(=O)(=O)Nc2cscn2)c(F)cc1N(C)[C@H]1CCN(Cc2cc3n(n2)CCCC3)C1. The van der Waals surface area contributed by atoms with Crippen LogP contribution in [0.3, 0.4) is 0 Å². The molecule has 2 aliphatic rings. The van der Waals surface area contributed by atoms with Crippen molar-refractivity contribution >= 4 is 32.9 Å². The second-order valence-corrected chi connectivity index (χ2v) is 11.5. The number of rotatable bonds is 7. The van der Waals surface area contributed by atoms with E-state index in [1.54, 1.807) is 5.38 Å². The second kappa shape index (κ2) is 9.27. The molecule has 0 aliphatic carbocycles. The van der Waals surface area contributed by atoms with E-state index in [-0.39, 0.29) is 16.8 Å². The molecule has 0 spiro atoms. The summed E-state index contributed by atoms with van der Waals surface area (Å²) < 4.78 is 44.8. The zero-order chi connectivity index (χ0) is 23.9. The van der Waals surface area contributed by atoms with E-state index in [1.807, 2.05) is 14.0 Å². The molecule has 1 N–H and O–H groups in total. The van der Waals surface area contributed by atoms with Crippen LogP contribution in [0.4, 0.5) is 15.9 Å². The van der Waals surface area contributed by atoms with Crippen LogP contribution >= 0.6 is 11.3 Å². The third-order valence-electron chi connectivity index (χ3n) is 6.74. The molecule has 2 aromatic heterocycles. The summed E-state index contributed by atoms with van der Waals surface area (Å²) in [5.74, 6) is -0.582. The molecule has 34 heavy (non-hydrogen) atoms. The molecule has 2 aliphatic heterocycles. The first kappa shape index (κ1) is 23.3. The molecule has 11 heteroatoms. The summed E-state index contributed by atoms with van der Waals surface area (Å²) >= 11 is 1.26. The molecule has 5 rings (SSSR count). The highest BCUT2D eigenvalue weighted by Crippen LogP contribution is 2.30. The number of sulfonamides is 1. The Labute approximate surface area is 203 Å². The summed E-state index contributed by atoms with van der Waals surface area (Å²) in [5, 5.41) is 6.34. The number of nitrogens with zero attached hydrogens (tertiary/aromatic N) is 5. The molecule has 0 radical (unpaired) electrons. The maximum atomic E-state index is 15.0. The Bertz CT molecular complexity index is 1250. The molecule has 1 aromatic carbocycles. The molecule has 182 valence electrons. The van der Waals surface area contributed by atoms with Crippen molar-refractivity contribution in [1.29, 1.82) is 0 Å². The molecular weight excluding hydrogens is 475 g/mol. The molecule has 1 atom stereocenters. The highest BCUT2D eigenvalue weighted by atomic mass is 32.2. The fourth-order valence-corrected chi connectivity index (χ4v) is 6.64. The number of likely N-dealkylation sites (tertiary alicyclic amines) is 1. The van der Waals surface area contributed by atoms with E-state index in [9.17, 15) is 12.8 Å². The van der Waals surface area contributed by atoms with Gasteiger partial charge in [0, 0.05) is 56.0 Å². The van der Waals surface area contributed by atoms with Crippen LogP contribution in [0.25, 0.3) is 0 Å². The minimum atomic E-state index is -4.06. The molecule has 3 aromatic rings. The van der Waals surface area contributed by atoms with E-state index >= 15 is 0 Å². The van der Waals surface area contributed by atoms with E-state index in [2.05, 4.69) is 30.3 Å². The molecule has 8 nitrogen and oxygen atoms in total. The Morgan fingerprint density at radius 2 is 2.12 bits per heavy atom. The lowest BCUT2D eigenvalue weighted by Crippen LogP contribution is -2.35. The number of likely N-dealkylation sites (N-methyl/N-ethyl adjacent to an activating group) is 1. The fourth-order valence-electron chi connectivity index (χ4n) is 4.94. The maximum absolute atomic E-state index is 15.0. The van der Waals surface area contributed by atoms with E-state index < -0.39 is 15.8 Å².